The van der Waals surface area contributed by atoms with Crippen LogP contribution in [0.1, 0.15) is 11.3 Å². The van der Waals surface area contributed by atoms with Gasteiger partial charge in [-0.1, -0.05) is 17.7 Å². The van der Waals surface area contributed by atoms with Crippen molar-refractivity contribution in [3.63, 3.8) is 0 Å². The molecule has 0 saturated carbocycles. The highest BCUT2D eigenvalue weighted by molar-refractivity contribution is 6.30. The molecule has 3 aromatic rings. The van der Waals surface area contributed by atoms with Gasteiger partial charge in [-0.2, -0.15) is 5.10 Å². The zero-order valence-corrected chi connectivity index (χ0v) is 12.1. The summed E-state index contributed by atoms with van der Waals surface area (Å²) in [6, 6.07) is 9.37. The third-order valence-electron chi connectivity index (χ3n) is 3.10. The predicted octanol–water partition coefficient (Wildman–Crippen LogP) is 2.78. The molecular formula is C15H13ClN4O. The molecule has 0 unspecified atom stereocenters. The van der Waals surface area contributed by atoms with Gasteiger partial charge in [-0.15, -0.1) is 0 Å². The van der Waals surface area contributed by atoms with Gasteiger partial charge in [0.15, 0.2) is 0 Å². The van der Waals surface area contributed by atoms with Crippen LogP contribution in [0.5, 0.6) is 0 Å². The average Bonchev–Trinajstić information content (AvgIpc) is 2.97. The summed E-state index contributed by atoms with van der Waals surface area (Å²) >= 11 is 6.08. The first-order chi connectivity index (χ1) is 10.2. The molecular weight excluding hydrogens is 288 g/mol. The zero-order valence-electron chi connectivity index (χ0n) is 11.4. The maximum absolute atomic E-state index is 9.50. The number of hydrogen-bond acceptors (Lipinski definition) is 4. The van der Waals surface area contributed by atoms with Crippen LogP contribution in [-0.2, 0) is 6.61 Å². The smallest absolute Gasteiger partial charge is 0.136 e. The lowest BCUT2D eigenvalue weighted by atomic mass is 10.2. The highest BCUT2D eigenvalue weighted by atomic mass is 35.5. The summed E-state index contributed by atoms with van der Waals surface area (Å²) < 4.78 is 1.68. The van der Waals surface area contributed by atoms with Gasteiger partial charge in [-0.05, 0) is 31.2 Å². The van der Waals surface area contributed by atoms with Gasteiger partial charge in [-0.25, -0.2) is 9.67 Å². The van der Waals surface area contributed by atoms with Gasteiger partial charge < -0.3 is 5.11 Å². The Morgan fingerprint density at radius 1 is 1.24 bits per heavy atom. The third-order valence-corrected chi connectivity index (χ3v) is 3.41. The monoisotopic (exact) mass is 300 g/mol. The van der Waals surface area contributed by atoms with Crippen molar-refractivity contribution in [1.82, 2.24) is 19.7 Å². The fourth-order valence-electron chi connectivity index (χ4n) is 2.10. The van der Waals surface area contributed by atoms with E-state index in [-0.39, 0.29) is 6.61 Å². The second-order valence-corrected chi connectivity index (χ2v) is 4.93. The van der Waals surface area contributed by atoms with Crippen LogP contribution in [0.2, 0.25) is 5.15 Å². The summed E-state index contributed by atoms with van der Waals surface area (Å²) in [5.74, 6) is 0. The van der Waals surface area contributed by atoms with Crippen LogP contribution in [0.15, 0.2) is 42.7 Å². The van der Waals surface area contributed by atoms with Crippen molar-refractivity contribution >= 4 is 11.6 Å². The Kier molecular flexibility index (Phi) is 3.68. The number of aliphatic hydroxyl groups excluding tert-OH is 1. The van der Waals surface area contributed by atoms with Gasteiger partial charge in [-0.3, -0.25) is 4.98 Å². The standard InChI is InChI=1S/C15H13ClN4O/c1-10-8-14(11(9-21)15(16)18-10)20-7-5-13(19-20)12-4-2-3-6-17-12/h2-8,21H,9H2,1H3. The van der Waals surface area contributed by atoms with Gasteiger partial charge >= 0.3 is 0 Å². The Bertz CT molecular complexity index is 771. The lowest BCUT2D eigenvalue weighted by Crippen LogP contribution is -2.04. The van der Waals surface area contributed by atoms with E-state index in [9.17, 15) is 5.11 Å². The van der Waals surface area contributed by atoms with Crippen molar-refractivity contribution in [3.05, 3.63) is 59.1 Å². The number of hydrogen-bond donors (Lipinski definition) is 1. The first-order valence-corrected chi connectivity index (χ1v) is 6.81. The van der Waals surface area contributed by atoms with Crippen molar-refractivity contribution in [2.75, 3.05) is 0 Å². The van der Waals surface area contributed by atoms with E-state index in [1.54, 1.807) is 10.9 Å². The van der Waals surface area contributed by atoms with E-state index in [0.29, 0.717) is 10.7 Å². The molecule has 0 aliphatic heterocycles. The van der Waals surface area contributed by atoms with Crippen LogP contribution in [-0.4, -0.2) is 24.9 Å². The van der Waals surface area contributed by atoms with Gasteiger partial charge in [0.1, 0.15) is 10.8 Å². The Balaban J connectivity index is 2.09. The fourth-order valence-corrected chi connectivity index (χ4v) is 2.39. The molecule has 0 atom stereocenters. The summed E-state index contributed by atoms with van der Waals surface area (Å²) in [5.41, 5.74) is 3.58. The number of rotatable bonds is 3. The van der Waals surface area contributed by atoms with Gasteiger partial charge in [0.05, 0.1) is 18.0 Å². The molecule has 0 spiro atoms. The third kappa shape index (κ3) is 2.66. The number of pyridine rings is 2. The molecule has 6 heteroatoms. The van der Waals surface area contributed by atoms with Crippen LogP contribution in [0.25, 0.3) is 17.1 Å². The number of nitrogens with zero attached hydrogens (tertiary/aromatic N) is 4. The normalized spacial score (nSPS) is 10.8. The maximum Gasteiger partial charge on any atom is 0.136 e. The summed E-state index contributed by atoms with van der Waals surface area (Å²) in [6.07, 6.45) is 3.54. The molecule has 0 amide bonds. The van der Waals surface area contributed by atoms with Crippen molar-refractivity contribution in [3.8, 4) is 17.1 Å². The Morgan fingerprint density at radius 3 is 2.81 bits per heavy atom. The Labute approximate surface area is 126 Å². The van der Waals surface area contributed by atoms with E-state index < -0.39 is 0 Å². The van der Waals surface area contributed by atoms with Gasteiger partial charge in [0.25, 0.3) is 0 Å². The van der Waals surface area contributed by atoms with Gasteiger partial charge in [0.2, 0.25) is 0 Å². The lowest BCUT2D eigenvalue weighted by Gasteiger charge is -2.10. The SMILES string of the molecule is Cc1cc(-n2ccc(-c3ccccn3)n2)c(CO)c(Cl)n1. The number of halogens is 1. The topological polar surface area (TPSA) is 63.8 Å². The second-order valence-electron chi connectivity index (χ2n) is 4.57. The zero-order chi connectivity index (χ0) is 14.8. The Morgan fingerprint density at radius 2 is 2.10 bits per heavy atom. The van der Waals surface area contributed by atoms with E-state index in [4.69, 9.17) is 11.6 Å². The molecule has 0 radical (unpaired) electrons. The minimum Gasteiger partial charge on any atom is -0.391 e. The molecule has 3 aromatic heterocycles. The molecule has 1 N–H and O–H groups in total. The van der Waals surface area contributed by atoms with Crippen LogP contribution in [0.4, 0.5) is 0 Å². The minimum atomic E-state index is -0.194. The summed E-state index contributed by atoms with van der Waals surface area (Å²) in [5, 5.41) is 14.3. The summed E-state index contributed by atoms with van der Waals surface area (Å²) in [4.78, 5) is 8.42. The van der Waals surface area contributed by atoms with Crippen LogP contribution in [0.3, 0.4) is 0 Å². The summed E-state index contributed by atoms with van der Waals surface area (Å²) in [6.45, 7) is 1.65. The van der Waals surface area contributed by atoms with Crippen molar-refractivity contribution in [2.24, 2.45) is 0 Å². The van der Waals surface area contributed by atoms with Crippen LogP contribution >= 0.6 is 11.6 Å². The van der Waals surface area contributed by atoms with Crippen molar-refractivity contribution in [1.29, 1.82) is 0 Å². The van der Waals surface area contributed by atoms with E-state index >= 15 is 0 Å². The molecule has 0 bridgehead atoms. The second kappa shape index (κ2) is 5.63. The lowest BCUT2D eigenvalue weighted by molar-refractivity contribution is 0.281. The van der Waals surface area contributed by atoms with Gasteiger partial charge in [0, 0.05) is 23.7 Å². The number of aromatic nitrogens is 4. The minimum absolute atomic E-state index is 0.194. The molecule has 3 rings (SSSR count). The molecule has 0 fully saturated rings. The number of aryl methyl sites for hydroxylation is 1. The van der Waals surface area contributed by atoms with E-state index in [2.05, 4.69) is 15.1 Å². The van der Waals surface area contributed by atoms with Crippen molar-refractivity contribution in [2.45, 2.75) is 13.5 Å². The predicted molar refractivity (Wildman–Crippen MR) is 80.3 cm³/mol. The van der Waals surface area contributed by atoms with E-state index in [1.165, 1.54) is 0 Å². The maximum atomic E-state index is 9.50. The molecule has 21 heavy (non-hydrogen) atoms. The molecule has 106 valence electrons. The van der Waals surface area contributed by atoms with Crippen molar-refractivity contribution < 1.29 is 5.11 Å². The van der Waals surface area contributed by atoms with E-state index in [1.807, 2.05) is 43.5 Å². The van der Waals surface area contributed by atoms with Crippen LogP contribution < -0.4 is 0 Å². The fraction of sp³-hybridized carbons (Fsp3) is 0.133. The first-order valence-electron chi connectivity index (χ1n) is 6.43. The highest BCUT2D eigenvalue weighted by Crippen LogP contribution is 2.24. The van der Waals surface area contributed by atoms with E-state index in [0.717, 1.165) is 22.8 Å². The summed E-state index contributed by atoms with van der Waals surface area (Å²) in [7, 11) is 0. The largest absolute Gasteiger partial charge is 0.391 e. The molecule has 5 nitrogen and oxygen atoms in total. The molecule has 0 aliphatic rings. The molecule has 3 heterocycles. The quantitative estimate of drug-likeness (QED) is 0.756. The van der Waals surface area contributed by atoms with Crippen LogP contribution in [0, 0.1) is 6.92 Å². The average molecular weight is 301 g/mol. The Hall–Kier alpha value is -2.24. The highest BCUT2D eigenvalue weighted by Gasteiger charge is 2.12. The number of aliphatic hydroxyl groups is 1. The first kappa shape index (κ1) is 13.7. The molecule has 0 aromatic carbocycles. The molecule has 0 saturated heterocycles. The molecule has 0 aliphatic carbocycles.